The minimum Gasteiger partial charge on any atom is -0.334 e. The molecule has 1 aromatic heterocycles. The molecule has 1 aliphatic heterocycles. The molecule has 0 unspecified atom stereocenters. The molecule has 1 aliphatic rings. The molecule has 7 heteroatoms. The van der Waals surface area contributed by atoms with Crippen molar-refractivity contribution in [1.82, 2.24) is 14.8 Å². The third kappa shape index (κ3) is 3.25. The lowest BCUT2D eigenvalue weighted by atomic mass is 10.3. The second-order valence-electron chi connectivity index (χ2n) is 4.95. The van der Waals surface area contributed by atoms with Crippen molar-refractivity contribution < 1.29 is 9.59 Å². The zero-order valence-electron chi connectivity index (χ0n) is 11.9. The lowest BCUT2D eigenvalue weighted by molar-refractivity contribution is 0.0666. The predicted octanol–water partition coefficient (Wildman–Crippen LogP) is 2.13. The van der Waals surface area contributed by atoms with E-state index >= 15 is 0 Å². The number of nitrogens with zero attached hydrogens (tertiary/aromatic N) is 3. The van der Waals surface area contributed by atoms with Crippen LogP contribution >= 0.6 is 11.3 Å². The lowest BCUT2D eigenvalue weighted by Crippen LogP contribution is -2.51. The fourth-order valence-electron chi connectivity index (χ4n) is 2.32. The summed E-state index contributed by atoms with van der Waals surface area (Å²) in [7, 11) is 0. The summed E-state index contributed by atoms with van der Waals surface area (Å²) in [4.78, 5) is 31.8. The molecule has 2 aromatic rings. The van der Waals surface area contributed by atoms with Crippen LogP contribution in [0, 0.1) is 0 Å². The van der Waals surface area contributed by atoms with Crippen molar-refractivity contribution in [2.45, 2.75) is 0 Å². The molecule has 114 valence electrons. The van der Waals surface area contributed by atoms with E-state index < -0.39 is 0 Å². The molecule has 1 aromatic carbocycles. The Morgan fingerprint density at radius 2 is 1.73 bits per heavy atom. The first-order valence-corrected chi connectivity index (χ1v) is 7.97. The summed E-state index contributed by atoms with van der Waals surface area (Å²) in [5.74, 6) is -0.0654. The summed E-state index contributed by atoms with van der Waals surface area (Å²) in [5, 5.41) is 4.60. The van der Waals surface area contributed by atoms with Crippen LogP contribution in [0.2, 0.25) is 0 Å². The number of benzene rings is 1. The van der Waals surface area contributed by atoms with Crippen LogP contribution in [-0.4, -0.2) is 52.9 Å². The number of carbonyl (C=O) groups is 2. The van der Waals surface area contributed by atoms with E-state index in [0.717, 1.165) is 5.69 Å². The molecule has 1 fully saturated rings. The van der Waals surface area contributed by atoms with Crippen molar-refractivity contribution in [1.29, 1.82) is 0 Å². The van der Waals surface area contributed by atoms with E-state index in [2.05, 4.69) is 10.3 Å². The van der Waals surface area contributed by atoms with Crippen LogP contribution in [0.5, 0.6) is 0 Å². The van der Waals surface area contributed by atoms with Crippen molar-refractivity contribution in [3.05, 3.63) is 46.9 Å². The first kappa shape index (κ1) is 14.5. The molecule has 1 N–H and O–H groups in total. The quantitative estimate of drug-likeness (QED) is 0.923. The number of hydrogen-bond donors (Lipinski definition) is 1. The highest BCUT2D eigenvalue weighted by molar-refractivity contribution is 7.07. The first-order chi connectivity index (χ1) is 10.7. The maximum atomic E-state index is 12.2. The average Bonchev–Trinajstić information content (AvgIpc) is 3.10. The molecule has 0 aliphatic carbocycles. The second kappa shape index (κ2) is 6.57. The van der Waals surface area contributed by atoms with E-state index in [1.165, 1.54) is 11.3 Å². The summed E-state index contributed by atoms with van der Waals surface area (Å²) in [6.07, 6.45) is 0. The Hall–Kier alpha value is -2.41. The molecule has 22 heavy (non-hydrogen) atoms. The van der Waals surface area contributed by atoms with Crippen LogP contribution in [0.25, 0.3) is 0 Å². The Kier molecular flexibility index (Phi) is 4.34. The van der Waals surface area contributed by atoms with Gasteiger partial charge in [-0.3, -0.25) is 4.79 Å². The van der Waals surface area contributed by atoms with Gasteiger partial charge in [0.1, 0.15) is 5.69 Å². The number of carbonyl (C=O) groups excluding carboxylic acids is 2. The van der Waals surface area contributed by atoms with Crippen molar-refractivity contribution in [2.75, 3.05) is 31.5 Å². The van der Waals surface area contributed by atoms with Crippen molar-refractivity contribution >= 4 is 29.0 Å². The zero-order chi connectivity index (χ0) is 15.4. The minimum absolute atomic E-state index is 0.0654. The van der Waals surface area contributed by atoms with Crippen LogP contribution in [0.4, 0.5) is 10.5 Å². The normalized spacial score (nSPS) is 14.7. The topological polar surface area (TPSA) is 65.5 Å². The first-order valence-electron chi connectivity index (χ1n) is 7.02. The summed E-state index contributed by atoms with van der Waals surface area (Å²) in [6, 6.07) is 9.21. The molecule has 0 spiro atoms. The number of rotatable bonds is 2. The van der Waals surface area contributed by atoms with Gasteiger partial charge in [0.25, 0.3) is 5.91 Å². The molecule has 0 atom stereocenters. The molecular formula is C15H16N4O2S. The molecule has 6 nitrogen and oxygen atoms in total. The van der Waals surface area contributed by atoms with Crippen LogP contribution in [0.1, 0.15) is 10.5 Å². The van der Waals surface area contributed by atoms with E-state index in [1.807, 2.05) is 30.3 Å². The van der Waals surface area contributed by atoms with Gasteiger partial charge in [0.2, 0.25) is 0 Å². The monoisotopic (exact) mass is 316 g/mol. The second-order valence-corrected chi connectivity index (χ2v) is 5.67. The molecule has 0 saturated carbocycles. The fraction of sp³-hybridized carbons (Fsp3) is 0.267. The van der Waals surface area contributed by atoms with Gasteiger partial charge in [-0.05, 0) is 12.1 Å². The predicted molar refractivity (Wildman–Crippen MR) is 85.1 cm³/mol. The fourth-order valence-corrected chi connectivity index (χ4v) is 2.84. The maximum absolute atomic E-state index is 12.2. The Morgan fingerprint density at radius 1 is 1.05 bits per heavy atom. The molecule has 3 amide bonds. The Balaban J connectivity index is 1.53. The van der Waals surface area contributed by atoms with Gasteiger partial charge in [-0.15, -0.1) is 11.3 Å². The number of amides is 3. The standard InChI is InChI=1S/C15H16N4O2S/c20-14(13-10-22-11-16-13)18-6-8-19(9-7-18)15(21)17-12-4-2-1-3-5-12/h1-5,10-11H,6-9H2,(H,17,21). The summed E-state index contributed by atoms with van der Waals surface area (Å²) < 4.78 is 0. The van der Waals surface area contributed by atoms with Gasteiger partial charge in [0.05, 0.1) is 5.51 Å². The van der Waals surface area contributed by atoms with E-state index in [9.17, 15) is 9.59 Å². The van der Waals surface area contributed by atoms with E-state index in [4.69, 9.17) is 0 Å². The van der Waals surface area contributed by atoms with E-state index in [-0.39, 0.29) is 11.9 Å². The molecular weight excluding hydrogens is 300 g/mol. The van der Waals surface area contributed by atoms with Crippen molar-refractivity contribution in [2.24, 2.45) is 0 Å². The third-order valence-corrected chi connectivity index (χ3v) is 4.12. The molecule has 2 heterocycles. The van der Waals surface area contributed by atoms with Crippen LogP contribution in [0.3, 0.4) is 0 Å². The Morgan fingerprint density at radius 3 is 2.36 bits per heavy atom. The number of para-hydroxylation sites is 1. The number of urea groups is 1. The van der Waals surface area contributed by atoms with E-state index in [0.29, 0.717) is 31.9 Å². The van der Waals surface area contributed by atoms with Gasteiger partial charge < -0.3 is 15.1 Å². The SMILES string of the molecule is O=C(Nc1ccccc1)N1CCN(C(=O)c2cscn2)CC1. The summed E-state index contributed by atoms with van der Waals surface area (Å²) in [5.41, 5.74) is 2.90. The molecule has 1 saturated heterocycles. The van der Waals surface area contributed by atoms with Crippen molar-refractivity contribution in [3.63, 3.8) is 0 Å². The molecule has 0 bridgehead atoms. The third-order valence-electron chi connectivity index (χ3n) is 3.53. The number of nitrogens with one attached hydrogen (secondary N) is 1. The lowest BCUT2D eigenvalue weighted by Gasteiger charge is -2.34. The van der Waals surface area contributed by atoms with Gasteiger partial charge >= 0.3 is 6.03 Å². The highest BCUT2D eigenvalue weighted by Crippen LogP contribution is 2.11. The number of piperazine rings is 1. The van der Waals surface area contributed by atoms with Gasteiger partial charge in [-0.1, -0.05) is 18.2 Å². The Labute approximate surface area is 132 Å². The minimum atomic E-state index is -0.132. The number of aromatic nitrogens is 1. The highest BCUT2D eigenvalue weighted by atomic mass is 32.1. The van der Waals surface area contributed by atoms with E-state index in [1.54, 1.807) is 20.7 Å². The molecule has 0 radical (unpaired) electrons. The van der Waals surface area contributed by atoms with Crippen LogP contribution < -0.4 is 5.32 Å². The van der Waals surface area contributed by atoms with Gasteiger partial charge in [0, 0.05) is 37.2 Å². The summed E-state index contributed by atoms with van der Waals surface area (Å²) >= 11 is 1.41. The van der Waals surface area contributed by atoms with Gasteiger partial charge in [-0.2, -0.15) is 0 Å². The average molecular weight is 316 g/mol. The van der Waals surface area contributed by atoms with Gasteiger partial charge in [-0.25, -0.2) is 9.78 Å². The number of anilines is 1. The molecule has 3 rings (SSSR count). The largest absolute Gasteiger partial charge is 0.334 e. The zero-order valence-corrected chi connectivity index (χ0v) is 12.8. The number of thiazole rings is 1. The van der Waals surface area contributed by atoms with Crippen molar-refractivity contribution in [3.8, 4) is 0 Å². The smallest absolute Gasteiger partial charge is 0.321 e. The highest BCUT2D eigenvalue weighted by Gasteiger charge is 2.25. The maximum Gasteiger partial charge on any atom is 0.321 e. The van der Waals surface area contributed by atoms with Gasteiger partial charge in [0.15, 0.2) is 0 Å². The summed E-state index contributed by atoms with van der Waals surface area (Å²) in [6.45, 7) is 2.10. The Bertz CT molecular complexity index is 637. The number of hydrogen-bond acceptors (Lipinski definition) is 4. The van der Waals surface area contributed by atoms with Crippen LogP contribution in [-0.2, 0) is 0 Å². The van der Waals surface area contributed by atoms with Crippen LogP contribution in [0.15, 0.2) is 41.2 Å².